The molecule has 3 rings (SSSR count). The van der Waals surface area contributed by atoms with Gasteiger partial charge in [0.25, 0.3) is 5.91 Å². The number of carbonyl (C=O) groups excluding carboxylic acids is 2. The summed E-state index contributed by atoms with van der Waals surface area (Å²) in [7, 11) is 0. The second-order valence-corrected chi connectivity index (χ2v) is 6.07. The van der Waals surface area contributed by atoms with Crippen molar-refractivity contribution >= 4 is 17.5 Å². The summed E-state index contributed by atoms with van der Waals surface area (Å²) in [5, 5.41) is 5.80. The van der Waals surface area contributed by atoms with E-state index in [2.05, 4.69) is 10.6 Å². The molecule has 5 nitrogen and oxygen atoms in total. The predicted octanol–water partition coefficient (Wildman–Crippen LogP) is 3.36. The van der Waals surface area contributed by atoms with Crippen LogP contribution < -0.4 is 15.4 Å². The van der Waals surface area contributed by atoms with Gasteiger partial charge in [0.05, 0.1) is 12.2 Å². The molecule has 2 aromatic carbocycles. The van der Waals surface area contributed by atoms with Crippen LogP contribution in [-0.4, -0.2) is 18.4 Å². The Labute approximate surface area is 147 Å². The lowest BCUT2D eigenvalue weighted by molar-refractivity contribution is -0.117. The van der Waals surface area contributed by atoms with E-state index in [4.69, 9.17) is 4.74 Å². The van der Waals surface area contributed by atoms with Gasteiger partial charge in [-0.2, -0.15) is 0 Å². The summed E-state index contributed by atoms with van der Waals surface area (Å²) in [4.78, 5) is 24.1. The van der Waals surface area contributed by atoms with E-state index in [1.165, 1.54) is 0 Å². The normalized spacial score (nSPS) is 13.2. The van der Waals surface area contributed by atoms with Crippen molar-refractivity contribution in [3.05, 3.63) is 59.7 Å². The highest BCUT2D eigenvalue weighted by Crippen LogP contribution is 2.30. The highest BCUT2D eigenvalue weighted by atomic mass is 16.5. The van der Waals surface area contributed by atoms with Crippen LogP contribution in [0.15, 0.2) is 48.5 Å². The predicted molar refractivity (Wildman–Crippen MR) is 96.6 cm³/mol. The van der Waals surface area contributed by atoms with E-state index in [0.717, 1.165) is 24.1 Å². The zero-order chi connectivity index (χ0) is 17.6. The van der Waals surface area contributed by atoms with Crippen LogP contribution in [0.25, 0.3) is 0 Å². The van der Waals surface area contributed by atoms with E-state index in [0.29, 0.717) is 24.5 Å². The molecule has 25 heavy (non-hydrogen) atoms. The maximum absolute atomic E-state index is 12.4. The number of nitrogens with one attached hydrogen (secondary N) is 2. The van der Waals surface area contributed by atoms with Crippen LogP contribution in [0.1, 0.15) is 35.7 Å². The first-order valence-electron chi connectivity index (χ1n) is 8.57. The number of para-hydroxylation sites is 1. The summed E-state index contributed by atoms with van der Waals surface area (Å²) in [6, 6.07) is 14.7. The first kappa shape index (κ1) is 17.0. The lowest BCUT2D eigenvalue weighted by Crippen LogP contribution is -2.23. The molecule has 2 amide bonds. The van der Waals surface area contributed by atoms with E-state index in [-0.39, 0.29) is 17.7 Å². The molecule has 0 heterocycles. The Morgan fingerprint density at radius 2 is 1.80 bits per heavy atom. The molecule has 0 radical (unpaired) electrons. The molecule has 1 aliphatic rings. The molecule has 0 atom stereocenters. The van der Waals surface area contributed by atoms with Crippen LogP contribution in [0.2, 0.25) is 0 Å². The summed E-state index contributed by atoms with van der Waals surface area (Å²) in [6.07, 6.45) is 1.97. The van der Waals surface area contributed by atoms with Crippen LogP contribution in [0.4, 0.5) is 5.69 Å². The zero-order valence-electron chi connectivity index (χ0n) is 14.2. The van der Waals surface area contributed by atoms with Crippen molar-refractivity contribution in [2.75, 3.05) is 11.9 Å². The molecule has 130 valence electrons. The maximum atomic E-state index is 12.4. The molecule has 0 aromatic heterocycles. The number of carbonyl (C=O) groups is 2. The zero-order valence-corrected chi connectivity index (χ0v) is 14.2. The lowest BCUT2D eigenvalue weighted by Gasteiger charge is -2.11. The third-order valence-corrected chi connectivity index (χ3v) is 4.05. The summed E-state index contributed by atoms with van der Waals surface area (Å²) in [6.45, 7) is 2.81. The molecule has 2 N–H and O–H groups in total. The van der Waals surface area contributed by atoms with E-state index in [1.54, 1.807) is 12.1 Å². The Balaban J connectivity index is 1.56. The van der Waals surface area contributed by atoms with Crippen molar-refractivity contribution in [2.45, 2.75) is 26.3 Å². The molecular weight excluding hydrogens is 316 g/mol. The van der Waals surface area contributed by atoms with Crippen molar-refractivity contribution < 1.29 is 14.3 Å². The molecule has 1 saturated carbocycles. The molecule has 2 aromatic rings. The Bertz CT molecular complexity index is 752. The van der Waals surface area contributed by atoms with Gasteiger partial charge in [-0.1, -0.05) is 24.3 Å². The second-order valence-electron chi connectivity index (χ2n) is 6.07. The van der Waals surface area contributed by atoms with Gasteiger partial charge >= 0.3 is 0 Å². The fourth-order valence-corrected chi connectivity index (χ4v) is 2.51. The smallest absolute Gasteiger partial charge is 0.255 e. The van der Waals surface area contributed by atoms with Crippen molar-refractivity contribution in [3.63, 3.8) is 0 Å². The molecule has 0 bridgehead atoms. The molecule has 0 spiro atoms. The number of ether oxygens (including phenoxy) is 1. The third-order valence-electron chi connectivity index (χ3n) is 4.05. The minimum atomic E-state index is -0.171. The summed E-state index contributed by atoms with van der Waals surface area (Å²) in [5.74, 6) is 0.689. The topological polar surface area (TPSA) is 67.4 Å². The monoisotopic (exact) mass is 338 g/mol. The van der Waals surface area contributed by atoms with Crippen LogP contribution in [-0.2, 0) is 11.3 Å². The average Bonchev–Trinajstić information content (AvgIpc) is 3.47. The standard InChI is InChI=1S/C20H22N2O3/c1-2-25-18-6-4-3-5-17(18)20(24)21-13-14-7-11-16(12-8-14)22-19(23)15-9-10-15/h3-8,11-12,15H,2,9-10,13H2,1H3,(H,21,24)(H,22,23). The van der Waals surface area contributed by atoms with Crippen molar-refractivity contribution in [2.24, 2.45) is 5.92 Å². The summed E-state index contributed by atoms with van der Waals surface area (Å²) in [5.41, 5.74) is 2.28. The van der Waals surface area contributed by atoms with Crippen LogP contribution >= 0.6 is 0 Å². The number of amides is 2. The molecular formula is C20H22N2O3. The molecule has 5 heteroatoms. The van der Waals surface area contributed by atoms with Gasteiger partial charge in [0, 0.05) is 18.2 Å². The number of hydrogen-bond acceptors (Lipinski definition) is 3. The fourth-order valence-electron chi connectivity index (χ4n) is 2.51. The van der Waals surface area contributed by atoms with Gasteiger partial charge in [0.2, 0.25) is 5.91 Å². The van der Waals surface area contributed by atoms with Gasteiger partial charge in [0.15, 0.2) is 0 Å². The average molecular weight is 338 g/mol. The van der Waals surface area contributed by atoms with Crippen molar-refractivity contribution in [1.82, 2.24) is 5.32 Å². The van der Waals surface area contributed by atoms with Crippen molar-refractivity contribution in [3.8, 4) is 5.75 Å². The van der Waals surface area contributed by atoms with Gasteiger partial charge < -0.3 is 15.4 Å². The van der Waals surface area contributed by atoms with Gasteiger partial charge in [-0.15, -0.1) is 0 Å². The molecule has 0 aliphatic heterocycles. The first-order valence-corrected chi connectivity index (χ1v) is 8.57. The molecule has 1 aliphatic carbocycles. The van der Waals surface area contributed by atoms with E-state index < -0.39 is 0 Å². The molecule has 0 unspecified atom stereocenters. The highest BCUT2D eigenvalue weighted by Gasteiger charge is 2.29. The molecule has 0 saturated heterocycles. The number of rotatable bonds is 7. The van der Waals surface area contributed by atoms with Gasteiger partial charge in [-0.05, 0) is 49.6 Å². The number of hydrogen-bond donors (Lipinski definition) is 2. The summed E-state index contributed by atoms with van der Waals surface area (Å²) >= 11 is 0. The fraction of sp³-hybridized carbons (Fsp3) is 0.300. The highest BCUT2D eigenvalue weighted by molar-refractivity contribution is 5.97. The van der Waals surface area contributed by atoms with Gasteiger partial charge in [-0.3, -0.25) is 9.59 Å². The van der Waals surface area contributed by atoms with Gasteiger partial charge in [0.1, 0.15) is 5.75 Å². The largest absolute Gasteiger partial charge is 0.493 e. The van der Waals surface area contributed by atoms with Crippen LogP contribution in [0, 0.1) is 5.92 Å². The number of benzene rings is 2. The Morgan fingerprint density at radius 1 is 1.08 bits per heavy atom. The Kier molecular flexibility index (Phi) is 5.33. The Morgan fingerprint density at radius 3 is 2.48 bits per heavy atom. The first-order chi connectivity index (χ1) is 12.2. The SMILES string of the molecule is CCOc1ccccc1C(=O)NCc1ccc(NC(=O)C2CC2)cc1. The van der Waals surface area contributed by atoms with Crippen LogP contribution in [0.5, 0.6) is 5.75 Å². The van der Waals surface area contributed by atoms with E-state index >= 15 is 0 Å². The quantitative estimate of drug-likeness (QED) is 0.813. The van der Waals surface area contributed by atoms with E-state index in [1.807, 2.05) is 43.3 Å². The third kappa shape index (κ3) is 4.59. The minimum Gasteiger partial charge on any atom is -0.493 e. The summed E-state index contributed by atoms with van der Waals surface area (Å²) < 4.78 is 5.49. The van der Waals surface area contributed by atoms with Crippen molar-refractivity contribution in [1.29, 1.82) is 0 Å². The lowest BCUT2D eigenvalue weighted by atomic mass is 10.1. The van der Waals surface area contributed by atoms with Crippen LogP contribution in [0.3, 0.4) is 0 Å². The molecule has 1 fully saturated rings. The minimum absolute atomic E-state index is 0.0913. The second kappa shape index (κ2) is 7.83. The Hall–Kier alpha value is -2.82. The van der Waals surface area contributed by atoms with E-state index in [9.17, 15) is 9.59 Å². The maximum Gasteiger partial charge on any atom is 0.255 e. The van der Waals surface area contributed by atoms with Gasteiger partial charge in [-0.25, -0.2) is 0 Å². The number of anilines is 1.